The van der Waals surface area contributed by atoms with Crippen molar-refractivity contribution in [2.45, 2.75) is 12.8 Å². The summed E-state index contributed by atoms with van der Waals surface area (Å²) in [5, 5.41) is 61.7. The van der Waals surface area contributed by atoms with Gasteiger partial charge in [-0.1, -0.05) is 0 Å². The van der Waals surface area contributed by atoms with Crippen LogP contribution in [-0.4, -0.2) is 42.6 Å². The number of fused-ring (bicyclic) bond motifs is 6. The van der Waals surface area contributed by atoms with Gasteiger partial charge in [-0.25, -0.2) is 0 Å². The summed E-state index contributed by atoms with van der Waals surface area (Å²) in [5.74, 6) is -3.54. The van der Waals surface area contributed by atoms with Gasteiger partial charge >= 0.3 is 11.9 Å². The van der Waals surface area contributed by atoms with Crippen molar-refractivity contribution in [3.8, 4) is 23.0 Å². The Morgan fingerprint density at radius 1 is 0.500 bits per heavy atom. The standard InChI is InChI=1S/C22H16O8/c23-17-5-13-11(1-9(17)3-21(27)28)12-2-10(4-22(29)30)18(24)6-14(12)16-8-20(26)19(25)7-15(13)16/h1-2,5-8,23-26H,3-4H2,(H,27,28)(H,29,30). The second-order valence-electron chi connectivity index (χ2n) is 7.08. The third kappa shape index (κ3) is 3.04. The van der Waals surface area contributed by atoms with Crippen LogP contribution >= 0.6 is 0 Å². The number of aromatic hydroxyl groups is 4. The van der Waals surface area contributed by atoms with Crippen molar-refractivity contribution in [2.24, 2.45) is 0 Å². The van der Waals surface area contributed by atoms with Crippen LogP contribution in [0, 0.1) is 0 Å². The lowest BCUT2D eigenvalue weighted by atomic mass is 9.90. The summed E-state index contributed by atoms with van der Waals surface area (Å²) < 4.78 is 0. The molecule has 8 nitrogen and oxygen atoms in total. The molecule has 0 unspecified atom stereocenters. The van der Waals surface area contributed by atoms with Crippen LogP contribution in [0.5, 0.6) is 23.0 Å². The number of phenolic OH excluding ortho intramolecular Hbond substituents is 4. The molecule has 0 amide bonds. The molecule has 8 heteroatoms. The average Bonchev–Trinajstić information content (AvgIpc) is 2.65. The van der Waals surface area contributed by atoms with Crippen molar-refractivity contribution in [2.75, 3.05) is 0 Å². The molecule has 4 rings (SSSR count). The van der Waals surface area contributed by atoms with Crippen molar-refractivity contribution in [1.29, 1.82) is 0 Å². The summed E-state index contributed by atoms with van der Waals surface area (Å²) in [5.41, 5.74) is 0.318. The van der Waals surface area contributed by atoms with E-state index in [1.54, 1.807) is 0 Å². The first kappa shape index (κ1) is 19.1. The summed E-state index contributed by atoms with van der Waals surface area (Å²) in [6.45, 7) is 0. The Morgan fingerprint density at radius 2 is 0.767 bits per heavy atom. The molecular formula is C22H16O8. The molecule has 0 saturated heterocycles. The number of carboxylic acids is 2. The van der Waals surface area contributed by atoms with E-state index >= 15 is 0 Å². The van der Waals surface area contributed by atoms with Crippen molar-refractivity contribution in [1.82, 2.24) is 0 Å². The molecule has 0 atom stereocenters. The molecule has 0 aliphatic carbocycles. The Kier molecular flexibility index (Phi) is 4.27. The number of phenols is 4. The lowest BCUT2D eigenvalue weighted by Crippen LogP contribution is -2.01. The Balaban J connectivity index is 2.22. The lowest BCUT2D eigenvalue weighted by Gasteiger charge is -2.15. The molecule has 4 aromatic carbocycles. The first-order valence-corrected chi connectivity index (χ1v) is 8.88. The summed E-state index contributed by atoms with van der Waals surface area (Å²) in [7, 11) is 0. The number of rotatable bonds is 4. The number of carbonyl (C=O) groups is 2. The van der Waals surface area contributed by atoms with Crippen molar-refractivity contribution in [3.05, 3.63) is 47.5 Å². The Morgan fingerprint density at radius 3 is 1.07 bits per heavy atom. The monoisotopic (exact) mass is 408 g/mol. The van der Waals surface area contributed by atoms with Gasteiger partial charge in [0.15, 0.2) is 11.5 Å². The van der Waals surface area contributed by atoms with Crippen LogP contribution in [0.1, 0.15) is 11.1 Å². The maximum absolute atomic E-state index is 11.2. The van der Waals surface area contributed by atoms with Crippen LogP contribution in [0.2, 0.25) is 0 Å². The highest BCUT2D eigenvalue weighted by Crippen LogP contribution is 2.43. The fourth-order valence-corrected chi connectivity index (χ4v) is 3.79. The van der Waals surface area contributed by atoms with Crippen LogP contribution < -0.4 is 0 Å². The Labute approximate surface area is 168 Å². The van der Waals surface area contributed by atoms with Crippen LogP contribution in [0.3, 0.4) is 0 Å². The van der Waals surface area contributed by atoms with Gasteiger partial charge in [0.1, 0.15) is 11.5 Å². The van der Waals surface area contributed by atoms with E-state index in [0.717, 1.165) is 0 Å². The van der Waals surface area contributed by atoms with E-state index in [1.165, 1.54) is 36.4 Å². The van der Waals surface area contributed by atoms with E-state index in [0.29, 0.717) is 32.3 Å². The molecule has 0 aliphatic rings. The van der Waals surface area contributed by atoms with E-state index in [1.807, 2.05) is 0 Å². The minimum absolute atomic E-state index is 0.159. The second-order valence-corrected chi connectivity index (χ2v) is 7.08. The topological polar surface area (TPSA) is 156 Å². The van der Waals surface area contributed by atoms with Crippen molar-refractivity contribution >= 4 is 44.3 Å². The molecule has 0 heterocycles. The predicted molar refractivity (Wildman–Crippen MR) is 108 cm³/mol. The quantitative estimate of drug-likeness (QED) is 0.222. The normalized spacial score (nSPS) is 11.3. The highest BCUT2D eigenvalue weighted by atomic mass is 16.4. The van der Waals surface area contributed by atoms with Gasteiger partial charge in [0, 0.05) is 11.1 Å². The Hall–Kier alpha value is -4.20. The van der Waals surface area contributed by atoms with Crippen LogP contribution in [0.25, 0.3) is 32.3 Å². The maximum atomic E-state index is 11.2. The average molecular weight is 408 g/mol. The van der Waals surface area contributed by atoms with E-state index in [4.69, 9.17) is 10.2 Å². The third-order valence-electron chi connectivity index (χ3n) is 5.11. The second kappa shape index (κ2) is 6.70. The summed E-state index contributed by atoms with van der Waals surface area (Å²) in [6, 6.07) is 8.35. The molecule has 30 heavy (non-hydrogen) atoms. The van der Waals surface area contributed by atoms with Gasteiger partial charge in [0.25, 0.3) is 0 Å². The number of hydrogen-bond donors (Lipinski definition) is 6. The number of hydrogen-bond acceptors (Lipinski definition) is 6. The molecule has 6 N–H and O–H groups in total. The van der Waals surface area contributed by atoms with Gasteiger partial charge in [-0.2, -0.15) is 0 Å². The molecule has 152 valence electrons. The zero-order chi connectivity index (χ0) is 21.7. The van der Waals surface area contributed by atoms with E-state index in [2.05, 4.69) is 0 Å². The predicted octanol–water partition coefficient (Wildman–Crippen LogP) is 3.22. The lowest BCUT2D eigenvalue weighted by molar-refractivity contribution is -0.137. The number of aliphatic carboxylic acids is 2. The molecule has 0 saturated carbocycles. The minimum atomic E-state index is -1.14. The largest absolute Gasteiger partial charge is 0.508 e. The van der Waals surface area contributed by atoms with Crippen LogP contribution in [0.15, 0.2) is 36.4 Å². The fourth-order valence-electron chi connectivity index (χ4n) is 3.79. The van der Waals surface area contributed by atoms with Crippen LogP contribution in [0.4, 0.5) is 0 Å². The number of carboxylic acid groups (broad SMARTS) is 2. The molecule has 0 fully saturated rings. The van der Waals surface area contributed by atoms with E-state index in [9.17, 15) is 30.0 Å². The summed E-state index contributed by atoms with van der Waals surface area (Å²) >= 11 is 0. The zero-order valence-corrected chi connectivity index (χ0v) is 15.4. The van der Waals surface area contributed by atoms with Gasteiger partial charge in [-0.05, 0) is 68.7 Å². The fraction of sp³-hybridized carbons (Fsp3) is 0.0909. The van der Waals surface area contributed by atoms with Gasteiger partial charge in [0.05, 0.1) is 12.8 Å². The van der Waals surface area contributed by atoms with Gasteiger partial charge in [-0.3, -0.25) is 9.59 Å². The zero-order valence-electron chi connectivity index (χ0n) is 15.4. The SMILES string of the molecule is O=C(O)Cc1cc2c(cc1O)c1cc(O)c(O)cc1c1cc(O)c(CC(=O)O)cc12. The molecule has 0 radical (unpaired) electrons. The molecule has 4 aromatic rings. The number of benzene rings is 4. The van der Waals surface area contributed by atoms with Gasteiger partial charge in [0.2, 0.25) is 0 Å². The molecule has 0 spiro atoms. The molecule has 0 aliphatic heterocycles. The summed E-state index contributed by atoms with van der Waals surface area (Å²) in [4.78, 5) is 22.3. The van der Waals surface area contributed by atoms with E-state index < -0.39 is 24.8 Å². The van der Waals surface area contributed by atoms with Crippen LogP contribution in [-0.2, 0) is 22.4 Å². The first-order valence-electron chi connectivity index (χ1n) is 8.88. The van der Waals surface area contributed by atoms with Crippen molar-refractivity contribution < 1.29 is 40.2 Å². The minimum Gasteiger partial charge on any atom is -0.508 e. The van der Waals surface area contributed by atoms with Gasteiger partial charge in [-0.15, -0.1) is 0 Å². The van der Waals surface area contributed by atoms with Crippen molar-refractivity contribution in [3.63, 3.8) is 0 Å². The molecule has 0 bridgehead atoms. The van der Waals surface area contributed by atoms with Gasteiger partial charge < -0.3 is 30.6 Å². The molecule has 0 aromatic heterocycles. The smallest absolute Gasteiger partial charge is 0.307 e. The highest BCUT2D eigenvalue weighted by Gasteiger charge is 2.18. The first-order chi connectivity index (χ1) is 14.2. The molecular weight excluding hydrogens is 392 g/mol. The highest BCUT2D eigenvalue weighted by molar-refractivity contribution is 6.26. The summed E-state index contributed by atoms with van der Waals surface area (Å²) in [6.07, 6.45) is -0.857. The third-order valence-corrected chi connectivity index (χ3v) is 5.11. The Bertz CT molecular complexity index is 1280. The maximum Gasteiger partial charge on any atom is 0.307 e. The van der Waals surface area contributed by atoms with E-state index in [-0.39, 0.29) is 34.1 Å².